The van der Waals surface area contributed by atoms with E-state index in [-0.39, 0.29) is 18.2 Å². The van der Waals surface area contributed by atoms with Crippen LogP contribution in [0.5, 0.6) is 0 Å². The summed E-state index contributed by atoms with van der Waals surface area (Å²) in [5.41, 5.74) is 1.44. The second-order valence-corrected chi connectivity index (χ2v) is 7.64. The van der Waals surface area contributed by atoms with Gasteiger partial charge >= 0.3 is 12.1 Å². The molecular weight excluding hydrogens is 308 g/mol. The number of rotatable bonds is 1. The monoisotopic (exact) mass is 334 g/mol. The Bertz CT molecular complexity index is 666. The molecule has 7 heteroatoms. The molecule has 0 spiro atoms. The van der Waals surface area contributed by atoms with Gasteiger partial charge in [0.25, 0.3) is 0 Å². The topological polar surface area (TPSA) is 67.7 Å². The number of aromatic nitrogens is 2. The van der Waals surface area contributed by atoms with Gasteiger partial charge in [-0.1, -0.05) is 0 Å². The summed E-state index contributed by atoms with van der Waals surface area (Å²) in [6, 6.07) is 0.175. The van der Waals surface area contributed by atoms with Crippen LogP contribution in [0.2, 0.25) is 0 Å². The molecule has 1 aromatic rings. The van der Waals surface area contributed by atoms with E-state index in [0.717, 1.165) is 30.1 Å². The molecule has 7 nitrogen and oxygen atoms in total. The van der Waals surface area contributed by atoms with Gasteiger partial charge in [0.15, 0.2) is 0 Å². The quantitative estimate of drug-likeness (QED) is 0.792. The van der Waals surface area contributed by atoms with Crippen molar-refractivity contribution < 1.29 is 14.3 Å². The number of carbonyl (C=O) groups is 2. The second kappa shape index (κ2) is 5.79. The number of carbonyl (C=O) groups excluding carboxylic acids is 2. The van der Waals surface area contributed by atoms with Crippen molar-refractivity contribution in [3.8, 4) is 0 Å². The molecule has 0 bridgehead atoms. The maximum atomic E-state index is 12.7. The lowest BCUT2D eigenvalue weighted by molar-refractivity contribution is 0.0166. The highest BCUT2D eigenvalue weighted by Gasteiger charge is 2.37. The molecule has 3 rings (SSSR count). The van der Waals surface area contributed by atoms with Crippen LogP contribution in [-0.2, 0) is 11.3 Å². The smallest absolute Gasteiger partial charge is 0.410 e. The molecule has 2 aliphatic heterocycles. The summed E-state index contributed by atoms with van der Waals surface area (Å²) in [7, 11) is 0. The first-order chi connectivity index (χ1) is 11.2. The average molecular weight is 334 g/mol. The number of ether oxygens (including phenoxy) is 1. The zero-order valence-corrected chi connectivity index (χ0v) is 15.1. The van der Waals surface area contributed by atoms with Gasteiger partial charge in [-0.05, 0) is 47.5 Å². The van der Waals surface area contributed by atoms with Gasteiger partial charge in [0.2, 0.25) is 0 Å². The van der Waals surface area contributed by atoms with Gasteiger partial charge in [-0.15, -0.1) is 0 Å². The van der Waals surface area contributed by atoms with Crippen molar-refractivity contribution in [2.75, 3.05) is 13.1 Å². The highest BCUT2D eigenvalue weighted by molar-refractivity contribution is 5.81. The fourth-order valence-corrected chi connectivity index (χ4v) is 3.48. The minimum Gasteiger partial charge on any atom is -0.444 e. The summed E-state index contributed by atoms with van der Waals surface area (Å²) in [5.74, 6) is 0.751. The molecule has 0 unspecified atom stereocenters. The van der Waals surface area contributed by atoms with Crippen LogP contribution in [0.4, 0.5) is 9.59 Å². The van der Waals surface area contributed by atoms with Crippen molar-refractivity contribution >= 4 is 12.1 Å². The van der Waals surface area contributed by atoms with Crippen LogP contribution in [-0.4, -0.2) is 56.2 Å². The van der Waals surface area contributed by atoms with Gasteiger partial charge in [-0.25, -0.2) is 14.6 Å². The van der Waals surface area contributed by atoms with E-state index >= 15 is 0 Å². The van der Waals surface area contributed by atoms with Gasteiger partial charge < -0.3 is 14.5 Å². The predicted octanol–water partition coefficient (Wildman–Crippen LogP) is 2.68. The Kier molecular flexibility index (Phi) is 4.05. The minimum absolute atomic E-state index is 0.0128. The highest BCUT2D eigenvalue weighted by atomic mass is 16.6. The summed E-state index contributed by atoms with van der Waals surface area (Å²) in [6.45, 7) is 11.3. The lowest BCUT2D eigenvalue weighted by Gasteiger charge is -2.36. The molecule has 1 aromatic heterocycles. The summed E-state index contributed by atoms with van der Waals surface area (Å²) >= 11 is 0. The third-order valence-corrected chi connectivity index (χ3v) is 4.65. The molecule has 1 fully saturated rings. The van der Waals surface area contributed by atoms with Crippen LogP contribution in [0.25, 0.3) is 0 Å². The van der Waals surface area contributed by atoms with E-state index in [0.29, 0.717) is 19.6 Å². The Morgan fingerprint density at radius 3 is 2.38 bits per heavy atom. The van der Waals surface area contributed by atoms with E-state index in [1.807, 2.05) is 39.5 Å². The van der Waals surface area contributed by atoms with Crippen LogP contribution in [0.15, 0.2) is 0 Å². The lowest BCUT2D eigenvalue weighted by Crippen LogP contribution is -2.48. The van der Waals surface area contributed by atoms with Gasteiger partial charge in [-0.3, -0.25) is 4.57 Å². The third-order valence-electron chi connectivity index (χ3n) is 4.65. The van der Waals surface area contributed by atoms with Crippen LogP contribution in [0.3, 0.4) is 0 Å². The van der Waals surface area contributed by atoms with E-state index < -0.39 is 5.60 Å². The number of fused-ring (bicyclic) bond motifs is 1. The van der Waals surface area contributed by atoms with Crippen molar-refractivity contribution in [2.45, 2.75) is 65.6 Å². The molecule has 2 aliphatic rings. The lowest BCUT2D eigenvalue weighted by atomic mass is 10.0. The number of hydrogen-bond donors (Lipinski definition) is 0. The standard InChI is InChI=1S/C17H26N4O3/c1-11-14-10-20(15(22)21(14)12(2)18-11)13-6-8-19(9-7-13)16(23)24-17(3,4)5/h13H,6-10H2,1-5H3. The van der Waals surface area contributed by atoms with E-state index in [1.165, 1.54) is 0 Å². The molecule has 3 heterocycles. The SMILES string of the molecule is Cc1nc(C)n2c1CN(C1CCN(C(=O)OC(C)(C)C)CC1)C2=O. The first-order valence-corrected chi connectivity index (χ1v) is 8.51. The summed E-state index contributed by atoms with van der Waals surface area (Å²) in [4.78, 5) is 32.9. The molecule has 24 heavy (non-hydrogen) atoms. The highest BCUT2D eigenvalue weighted by Crippen LogP contribution is 2.28. The van der Waals surface area contributed by atoms with Crippen molar-refractivity contribution in [1.82, 2.24) is 19.4 Å². The zero-order chi connectivity index (χ0) is 17.6. The first-order valence-electron chi connectivity index (χ1n) is 8.51. The third kappa shape index (κ3) is 2.99. The van der Waals surface area contributed by atoms with E-state index in [1.54, 1.807) is 9.47 Å². The second-order valence-electron chi connectivity index (χ2n) is 7.64. The molecule has 0 saturated carbocycles. The number of imidazole rings is 1. The van der Waals surface area contributed by atoms with Crippen molar-refractivity contribution in [3.63, 3.8) is 0 Å². The van der Waals surface area contributed by atoms with E-state index in [9.17, 15) is 9.59 Å². The Hall–Kier alpha value is -2.05. The van der Waals surface area contributed by atoms with Crippen LogP contribution < -0.4 is 0 Å². The summed E-state index contributed by atoms with van der Waals surface area (Å²) in [6.07, 6.45) is 1.29. The van der Waals surface area contributed by atoms with E-state index in [4.69, 9.17) is 4.74 Å². The molecule has 0 aromatic carbocycles. The van der Waals surface area contributed by atoms with Crippen LogP contribution in [0.1, 0.15) is 50.8 Å². The number of aryl methyl sites for hydroxylation is 2. The normalized spacial score (nSPS) is 19.0. The molecule has 0 aliphatic carbocycles. The molecule has 2 amide bonds. The first kappa shape index (κ1) is 16.8. The number of likely N-dealkylation sites (tertiary alicyclic amines) is 1. The van der Waals surface area contributed by atoms with Crippen LogP contribution in [0, 0.1) is 13.8 Å². The molecule has 0 atom stereocenters. The van der Waals surface area contributed by atoms with Gasteiger partial charge in [0, 0.05) is 19.1 Å². The largest absolute Gasteiger partial charge is 0.444 e. The summed E-state index contributed by atoms with van der Waals surface area (Å²) in [5, 5.41) is 0. The molecule has 0 radical (unpaired) electrons. The van der Waals surface area contributed by atoms with Crippen molar-refractivity contribution in [2.24, 2.45) is 0 Å². The molecule has 1 saturated heterocycles. The number of nitrogens with zero attached hydrogens (tertiary/aromatic N) is 4. The fraction of sp³-hybridized carbons (Fsp3) is 0.706. The predicted molar refractivity (Wildman–Crippen MR) is 88.9 cm³/mol. The zero-order valence-electron chi connectivity index (χ0n) is 15.1. The Balaban J connectivity index is 1.61. The molecular formula is C17H26N4O3. The van der Waals surface area contributed by atoms with Crippen molar-refractivity contribution in [1.29, 1.82) is 0 Å². The summed E-state index contributed by atoms with van der Waals surface area (Å²) < 4.78 is 7.14. The number of amides is 2. The van der Waals surface area contributed by atoms with E-state index in [2.05, 4.69) is 4.98 Å². The Morgan fingerprint density at radius 1 is 1.21 bits per heavy atom. The molecule has 132 valence electrons. The minimum atomic E-state index is -0.482. The maximum absolute atomic E-state index is 12.7. The van der Waals surface area contributed by atoms with Gasteiger partial charge in [0.05, 0.1) is 17.9 Å². The Morgan fingerprint density at radius 2 is 1.83 bits per heavy atom. The number of hydrogen-bond acceptors (Lipinski definition) is 4. The molecule has 0 N–H and O–H groups in total. The van der Waals surface area contributed by atoms with Crippen LogP contribution >= 0.6 is 0 Å². The van der Waals surface area contributed by atoms with Gasteiger partial charge in [0.1, 0.15) is 11.4 Å². The van der Waals surface area contributed by atoms with Crippen molar-refractivity contribution in [3.05, 3.63) is 17.2 Å². The maximum Gasteiger partial charge on any atom is 0.410 e. The average Bonchev–Trinajstić information content (AvgIpc) is 2.96. The van der Waals surface area contributed by atoms with Gasteiger partial charge in [-0.2, -0.15) is 0 Å². The fourth-order valence-electron chi connectivity index (χ4n) is 3.48. The number of piperidine rings is 1. The Labute approximate surface area is 142 Å².